The smallest absolute Gasteiger partial charge is 0.167 e. The van der Waals surface area contributed by atoms with Gasteiger partial charge in [-0.2, -0.15) is 0 Å². The second-order valence-electron chi connectivity index (χ2n) is 6.93. The van der Waals surface area contributed by atoms with Crippen molar-refractivity contribution < 1.29 is 27.4 Å². The van der Waals surface area contributed by atoms with Gasteiger partial charge in [0.1, 0.15) is 0 Å². The molecule has 0 spiro atoms. The van der Waals surface area contributed by atoms with Crippen LogP contribution in [0.5, 0.6) is 5.75 Å². The lowest BCUT2D eigenvalue weighted by atomic mass is 9.96. The second-order valence-corrected chi connectivity index (χ2v) is 6.93. The second kappa shape index (κ2) is 9.43. The molecule has 0 saturated carbocycles. The first kappa shape index (κ1) is 20.7. The molecule has 1 aliphatic rings. The molecule has 0 amide bonds. The molecule has 1 heterocycles. The van der Waals surface area contributed by atoms with Gasteiger partial charge in [0, 0.05) is 18.2 Å². The number of methoxy groups -OCH3 is 1. The van der Waals surface area contributed by atoms with E-state index in [0.29, 0.717) is 26.1 Å². The third-order valence-electron chi connectivity index (χ3n) is 5.02. The monoisotopic (exact) mass is 394 g/mol. The van der Waals surface area contributed by atoms with Crippen LogP contribution in [0.1, 0.15) is 44.3 Å². The van der Waals surface area contributed by atoms with Crippen LogP contribution < -0.4 is 4.74 Å². The van der Waals surface area contributed by atoms with E-state index in [1.807, 2.05) is 6.92 Å². The van der Waals surface area contributed by atoms with E-state index < -0.39 is 23.6 Å². The van der Waals surface area contributed by atoms with Crippen molar-refractivity contribution in [3.05, 3.63) is 53.3 Å². The Labute approximate surface area is 163 Å². The highest BCUT2D eigenvalue weighted by Crippen LogP contribution is 2.35. The minimum Gasteiger partial charge on any atom is -0.491 e. The van der Waals surface area contributed by atoms with Gasteiger partial charge in [-0.25, -0.2) is 13.2 Å². The minimum absolute atomic E-state index is 0.00540. The first-order chi connectivity index (χ1) is 13.5. The third-order valence-corrected chi connectivity index (χ3v) is 5.02. The molecule has 0 aromatic heterocycles. The van der Waals surface area contributed by atoms with Gasteiger partial charge in [0.05, 0.1) is 25.4 Å². The normalized spacial score (nSPS) is 19.6. The Kier molecular flexibility index (Phi) is 6.97. The van der Waals surface area contributed by atoms with Crippen LogP contribution in [0.25, 0.3) is 11.1 Å². The van der Waals surface area contributed by atoms with Gasteiger partial charge in [-0.05, 0) is 37.0 Å². The molecule has 1 fully saturated rings. The van der Waals surface area contributed by atoms with Crippen LogP contribution in [-0.2, 0) is 9.47 Å². The molecule has 2 aromatic carbocycles. The van der Waals surface area contributed by atoms with Gasteiger partial charge in [-0.1, -0.05) is 31.5 Å². The van der Waals surface area contributed by atoms with Crippen molar-refractivity contribution in [3.8, 4) is 16.9 Å². The number of hydrogen-bond acceptors (Lipinski definition) is 3. The lowest BCUT2D eigenvalue weighted by Crippen LogP contribution is -2.27. The first-order valence-corrected chi connectivity index (χ1v) is 9.60. The van der Waals surface area contributed by atoms with Gasteiger partial charge >= 0.3 is 0 Å². The summed E-state index contributed by atoms with van der Waals surface area (Å²) in [6.45, 7) is 2.77. The van der Waals surface area contributed by atoms with Crippen molar-refractivity contribution in [2.75, 3.05) is 20.3 Å². The lowest BCUT2D eigenvalue weighted by Gasteiger charge is -2.28. The summed E-state index contributed by atoms with van der Waals surface area (Å²) in [5, 5.41) is 0. The van der Waals surface area contributed by atoms with Crippen LogP contribution in [0.2, 0.25) is 0 Å². The molecule has 3 nitrogen and oxygen atoms in total. The van der Waals surface area contributed by atoms with Gasteiger partial charge in [0.2, 0.25) is 0 Å². The Balaban J connectivity index is 1.80. The topological polar surface area (TPSA) is 27.7 Å². The largest absolute Gasteiger partial charge is 0.491 e. The lowest BCUT2D eigenvalue weighted by molar-refractivity contribution is -0.0736. The summed E-state index contributed by atoms with van der Waals surface area (Å²) in [4.78, 5) is 0. The summed E-state index contributed by atoms with van der Waals surface area (Å²) in [7, 11) is 1.60. The average molecular weight is 394 g/mol. The van der Waals surface area contributed by atoms with E-state index in [0.717, 1.165) is 12.8 Å². The molecular formula is C22H25F3O3. The summed E-state index contributed by atoms with van der Waals surface area (Å²) >= 11 is 0. The van der Waals surface area contributed by atoms with E-state index in [1.165, 1.54) is 30.3 Å². The molecule has 2 unspecified atom stereocenters. The van der Waals surface area contributed by atoms with Crippen LogP contribution in [0.3, 0.4) is 0 Å². The first-order valence-electron chi connectivity index (χ1n) is 9.60. The van der Waals surface area contributed by atoms with Gasteiger partial charge < -0.3 is 14.2 Å². The van der Waals surface area contributed by atoms with E-state index in [4.69, 9.17) is 14.2 Å². The fraction of sp³-hybridized carbons (Fsp3) is 0.455. The molecule has 0 N–H and O–H groups in total. The maximum absolute atomic E-state index is 14.7. The number of rotatable bonds is 7. The molecule has 1 aliphatic heterocycles. The zero-order valence-electron chi connectivity index (χ0n) is 16.1. The predicted octanol–water partition coefficient (Wildman–Crippen LogP) is 5.82. The van der Waals surface area contributed by atoms with E-state index in [1.54, 1.807) is 7.11 Å². The molecule has 6 heteroatoms. The van der Waals surface area contributed by atoms with Gasteiger partial charge in [0.15, 0.2) is 23.2 Å². The Bertz CT molecular complexity index is 802. The average Bonchev–Trinajstić information content (AvgIpc) is 2.71. The summed E-state index contributed by atoms with van der Waals surface area (Å²) < 4.78 is 59.9. The number of hydrogen-bond donors (Lipinski definition) is 0. The van der Waals surface area contributed by atoms with Crippen molar-refractivity contribution in [1.29, 1.82) is 0 Å². The molecular weight excluding hydrogens is 369 g/mol. The zero-order valence-corrected chi connectivity index (χ0v) is 16.1. The third kappa shape index (κ3) is 4.50. The van der Waals surface area contributed by atoms with Gasteiger partial charge in [0.25, 0.3) is 0 Å². The summed E-state index contributed by atoms with van der Waals surface area (Å²) in [5.41, 5.74) is 0.439. The standard InChI is InChI=1S/C22H25F3O3/c1-3-4-11-27-20-9-5-14(12-18(20)23)16-7-8-17(22(25)21(16)24)19-10-6-15(26-2)13-28-19/h5,7-9,12,15,19H,3-4,6,10-11,13H2,1-2H3. The highest BCUT2D eigenvalue weighted by atomic mass is 19.2. The highest BCUT2D eigenvalue weighted by Gasteiger charge is 2.27. The van der Waals surface area contributed by atoms with Gasteiger partial charge in [-0.3, -0.25) is 0 Å². The maximum Gasteiger partial charge on any atom is 0.167 e. The fourth-order valence-corrected chi connectivity index (χ4v) is 3.31. The van der Waals surface area contributed by atoms with Crippen LogP contribution >= 0.6 is 0 Å². The van der Waals surface area contributed by atoms with E-state index in [-0.39, 0.29) is 28.5 Å². The number of ether oxygens (including phenoxy) is 3. The zero-order chi connectivity index (χ0) is 20.1. The quantitative estimate of drug-likeness (QED) is 0.554. The Hall–Kier alpha value is -2.05. The van der Waals surface area contributed by atoms with Crippen LogP contribution in [0.4, 0.5) is 13.2 Å². The fourth-order valence-electron chi connectivity index (χ4n) is 3.31. The summed E-state index contributed by atoms with van der Waals surface area (Å²) in [5.74, 6) is -2.45. The SMILES string of the molecule is CCCCOc1ccc(-c2ccc(C3CCC(OC)CO3)c(F)c2F)cc1F. The van der Waals surface area contributed by atoms with E-state index >= 15 is 0 Å². The Morgan fingerprint density at radius 3 is 2.54 bits per heavy atom. The Morgan fingerprint density at radius 1 is 1.07 bits per heavy atom. The van der Waals surface area contributed by atoms with Crippen molar-refractivity contribution in [3.63, 3.8) is 0 Å². The molecule has 3 rings (SSSR count). The maximum atomic E-state index is 14.7. The highest BCUT2D eigenvalue weighted by molar-refractivity contribution is 5.66. The van der Waals surface area contributed by atoms with Crippen LogP contribution in [-0.4, -0.2) is 26.4 Å². The van der Waals surface area contributed by atoms with Crippen molar-refractivity contribution >= 4 is 0 Å². The number of unbranched alkanes of at least 4 members (excludes halogenated alkanes) is 1. The molecule has 28 heavy (non-hydrogen) atoms. The molecule has 2 atom stereocenters. The van der Waals surface area contributed by atoms with Crippen molar-refractivity contribution in [1.82, 2.24) is 0 Å². The predicted molar refractivity (Wildman–Crippen MR) is 101 cm³/mol. The van der Waals surface area contributed by atoms with Crippen molar-refractivity contribution in [2.45, 2.75) is 44.8 Å². The van der Waals surface area contributed by atoms with E-state index in [2.05, 4.69) is 0 Å². The molecule has 0 radical (unpaired) electrons. The Morgan fingerprint density at radius 2 is 1.89 bits per heavy atom. The summed E-state index contributed by atoms with van der Waals surface area (Å²) in [6.07, 6.45) is 2.48. The minimum atomic E-state index is -1.01. The van der Waals surface area contributed by atoms with E-state index in [9.17, 15) is 13.2 Å². The van der Waals surface area contributed by atoms with Crippen LogP contribution in [0, 0.1) is 17.5 Å². The molecule has 2 aromatic rings. The summed E-state index contributed by atoms with van der Waals surface area (Å²) in [6, 6.07) is 7.11. The molecule has 152 valence electrons. The number of benzene rings is 2. The molecule has 1 saturated heterocycles. The molecule has 0 bridgehead atoms. The number of halogens is 3. The van der Waals surface area contributed by atoms with Crippen molar-refractivity contribution in [2.24, 2.45) is 0 Å². The van der Waals surface area contributed by atoms with Crippen LogP contribution in [0.15, 0.2) is 30.3 Å². The van der Waals surface area contributed by atoms with Gasteiger partial charge in [-0.15, -0.1) is 0 Å². The molecule has 0 aliphatic carbocycles.